The number of thioether (sulfide) groups is 1. The highest BCUT2D eigenvalue weighted by molar-refractivity contribution is 7.99. The smallest absolute Gasteiger partial charge is 0.332 e. The van der Waals surface area contributed by atoms with Gasteiger partial charge in [0.1, 0.15) is 11.4 Å². The molecule has 0 bridgehead atoms. The fraction of sp³-hybridized carbons (Fsp3) is 0.389. The number of nitrogen functional groups attached to an aromatic ring is 1. The molecular formula is C18H22N6O4S. The summed E-state index contributed by atoms with van der Waals surface area (Å²) in [5, 5.41) is 8.89. The predicted molar refractivity (Wildman–Crippen MR) is 109 cm³/mol. The molecule has 0 amide bonds. The first kappa shape index (κ1) is 20.6. The molecule has 3 aromatic rings. The van der Waals surface area contributed by atoms with E-state index in [1.807, 2.05) is 4.57 Å². The average Bonchev–Trinajstić information content (AvgIpc) is 3.33. The van der Waals surface area contributed by atoms with Crippen molar-refractivity contribution >= 4 is 23.4 Å². The standard InChI is InChI=1S/C18H22N6O4S/c1-10(2)8-24-15(12-6-5-7-28-12)20-21-17(24)29-9-11(25)13-14(19)22(3)18(27)23(4)16(13)26/h5-7,10H,8-9,19H2,1-4H3. The Morgan fingerprint density at radius 3 is 2.59 bits per heavy atom. The summed E-state index contributed by atoms with van der Waals surface area (Å²) in [5.74, 6) is 0.738. The molecule has 10 nitrogen and oxygen atoms in total. The van der Waals surface area contributed by atoms with Crippen molar-refractivity contribution in [3.63, 3.8) is 0 Å². The molecule has 0 aromatic carbocycles. The molecule has 0 aliphatic rings. The van der Waals surface area contributed by atoms with Crippen molar-refractivity contribution in [3.05, 3.63) is 44.8 Å². The Balaban J connectivity index is 1.90. The minimum atomic E-state index is -0.712. The van der Waals surface area contributed by atoms with Crippen LogP contribution in [-0.4, -0.2) is 35.4 Å². The van der Waals surface area contributed by atoms with Gasteiger partial charge in [-0.25, -0.2) is 4.79 Å². The number of rotatable bonds is 7. The predicted octanol–water partition coefficient (Wildman–Crippen LogP) is 1.15. The van der Waals surface area contributed by atoms with Gasteiger partial charge in [-0.3, -0.25) is 23.3 Å². The molecule has 0 atom stereocenters. The Morgan fingerprint density at radius 1 is 1.24 bits per heavy atom. The normalized spacial score (nSPS) is 11.3. The van der Waals surface area contributed by atoms with Gasteiger partial charge in [0.2, 0.25) is 0 Å². The maximum absolute atomic E-state index is 12.7. The molecule has 0 unspecified atom stereocenters. The minimum Gasteiger partial charge on any atom is -0.461 e. The summed E-state index contributed by atoms with van der Waals surface area (Å²) >= 11 is 1.15. The number of hydrogen-bond donors (Lipinski definition) is 1. The molecule has 0 fully saturated rings. The molecule has 3 aromatic heterocycles. The zero-order valence-corrected chi connectivity index (χ0v) is 17.4. The molecule has 11 heteroatoms. The molecule has 0 radical (unpaired) electrons. The van der Waals surface area contributed by atoms with E-state index < -0.39 is 17.0 Å². The first-order valence-corrected chi connectivity index (χ1v) is 9.89. The van der Waals surface area contributed by atoms with E-state index in [0.717, 1.165) is 20.9 Å². The number of nitrogens with two attached hydrogens (primary N) is 1. The van der Waals surface area contributed by atoms with E-state index in [1.54, 1.807) is 18.4 Å². The zero-order chi connectivity index (χ0) is 21.3. The van der Waals surface area contributed by atoms with E-state index in [1.165, 1.54) is 14.1 Å². The van der Waals surface area contributed by atoms with Crippen molar-refractivity contribution in [1.29, 1.82) is 0 Å². The maximum Gasteiger partial charge on any atom is 0.332 e. The molecular weight excluding hydrogens is 396 g/mol. The number of hydrogen-bond acceptors (Lipinski definition) is 8. The number of aromatic nitrogens is 5. The van der Waals surface area contributed by atoms with E-state index in [4.69, 9.17) is 10.2 Å². The van der Waals surface area contributed by atoms with Gasteiger partial charge in [-0.15, -0.1) is 10.2 Å². The van der Waals surface area contributed by atoms with Gasteiger partial charge >= 0.3 is 5.69 Å². The molecule has 3 heterocycles. The summed E-state index contributed by atoms with van der Waals surface area (Å²) in [5.41, 5.74) is 4.36. The maximum atomic E-state index is 12.7. The summed E-state index contributed by atoms with van der Waals surface area (Å²) in [6, 6.07) is 3.55. The van der Waals surface area contributed by atoms with Gasteiger partial charge in [-0.2, -0.15) is 0 Å². The molecule has 154 valence electrons. The number of nitrogens with zero attached hydrogens (tertiary/aromatic N) is 5. The van der Waals surface area contributed by atoms with Gasteiger partial charge in [0, 0.05) is 20.6 Å². The first-order chi connectivity index (χ1) is 13.7. The minimum absolute atomic E-state index is 0.0774. The van der Waals surface area contributed by atoms with Gasteiger partial charge in [-0.05, 0) is 18.1 Å². The summed E-state index contributed by atoms with van der Waals surface area (Å²) in [4.78, 5) is 37.0. The summed E-state index contributed by atoms with van der Waals surface area (Å²) in [7, 11) is 2.72. The second-order valence-electron chi connectivity index (χ2n) is 6.97. The molecule has 0 saturated carbocycles. The Morgan fingerprint density at radius 2 is 1.97 bits per heavy atom. The molecule has 0 spiro atoms. The number of carbonyl (C=O) groups is 1. The number of furan rings is 1. The van der Waals surface area contributed by atoms with Crippen molar-refractivity contribution in [1.82, 2.24) is 23.9 Å². The lowest BCUT2D eigenvalue weighted by Gasteiger charge is -2.12. The molecule has 0 aliphatic carbocycles. The summed E-state index contributed by atoms with van der Waals surface area (Å²) in [6.07, 6.45) is 1.55. The average molecular weight is 418 g/mol. The van der Waals surface area contributed by atoms with Gasteiger partial charge in [0.25, 0.3) is 5.56 Å². The van der Waals surface area contributed by atoms with Crippen LogP contribution in [0.15, 0.2) is 37.6 Å². The lowest BCUT2D eigenvalue weighted by Crippen LogP contribution is -2.41. The number of anilines is 1. The van der Waals surface area contributed by atoms with Crippen LogP contribution in [0.25, 0.3) is 11.6 Å². The van der Waals surface area contributed by atoms with Crippen LogP contribution in [0.4, 0.5) is 5.82 Å². The highest BCUT2D eigenvalue weighted by Crippen LogP contribution is 2.26. The zero-order valence-electron chi connectivity index (χ0n) is 16.6. The quantitative estimate of drug-likeness (QED) is 0.446. The van der Waals surface area contributed by atoms with E-state index >= 15 is 0 Å². The van der Waals surface area contributed by atoms with Crippen LogP contribution >= 0.6 is 11.8 Å². The first-order valence-electron chi connectivity index (χ1n) is 8.91. The highest BCUT2D eigenvalue weighted by Gasteiger charge is 2.23. The van der Waals surface area contributed by atoms with Crippen LogP contribution in [0.5, 0.6) is 0 Å². The number of ketones is 1. The second-order valence-corrected chi connectivity index (χ2v) is 7.91. The molecule has 0 saturated heterocycles. The highest BCUT2D eigenvalue weighted by atomic mass is 32.2. The van der Waals surface area contributed by atoms with Crippen LogP contribution in [0.3, 0.4) is 0 Å². The van der Waals surface area contributed by atoms with E-state index in [9.17, 15) is 14.4 Å². The second kappa shape index (κ2) is 8.11. The fourth-order valence-electron chi connectivity index (χ4n) is 2.84. The van der Waals surface area contributed by atoms with Gasteiger partial charge in [0.05, 0.1) is 12.0 Å². The Bertz CT molecular complexity index is 1160. The van der Waals surface area contributed by atoms with Crippen LogP contribution in [-0.2, 0) is 20.6 Å². The third-order valence-electron chi connectivity index (χ3n) is 4.33. The largest absolute Gasteiger partial charge is 0.461 e. The van der Waals surface area contributed by atoms with Gasteiger partial charge < -0.3 is 10.2 Å². The fourth-order valence-corrected chi connectivity index (χ4v) is 3.66. The Kier molecular flexibility index (Phi) is 5.78. The van der Waals surface area contributed by atoms with Crippen molar-refractivity contribution < 1.29 is 9.21 Å². The Hall–Kier alpha value is -3.08. The lowest BCUT2D eigenvalue weighted by molar-refractivity contribution is 0.102. The third-order valence-corrected chi connectivity index (χ3v) is 5.29. The van der Waals surface area contributed by atoms with Gasteiger partial charge in [-0.1, -0.05) is 25.6 Å². The SMILES string of the molecule is CC(C)Cn1c(SCC(=O)c2c(N)n(C)c(=O)n(C)c2=O)nnc1-c1ccco1. The molecule has 0 aliphatic heterocycles. The lowest BCUT2D eigenvalue weighted by atomic mass is 10.2. The molecule has 2 N–H and O–H groups in total. The van der Waals surface area contributed by atoms with Crippen LogP contribution in [0.1, 0.15) is 24.2 Å². The van der Waals surface area contributed by atoms with Crippen LogP contribution < -0.4 is 17.0 Å². The van der Waals surface area contributed by atoms with Crippen molar-refractivity contribution in [3.8, 4) is 11.6 Å². The summed E-state index contributed by atoms with van der Waals surface area (Å²) in [6.45, 7) is 4.74. The Labute approximate surface area is 170 Å². The number of carbonyl (C=O) groups excluding carboxylic acids is 1. The third kappa shape index (κ3) is 3.90. The van der Waals surface area contributed by atoms with E-state index in [2.05, 4.69) is 24.0 Å². The monoisotopic (exact) mass is 418 g/mol. The van der Waals surface area contributed by atoms with Crippen molar-refractivity contribution in [2.24, 2.45) is 20.0 Å². The van der Waals surface area contributed by atoms with Gasteiger partial charge in [0.15, 0.2) is 22.5 Å². The number of Topliss-reactive ketones (excluding diaryl/α,β-unsaturated/α-hetero) is 1. The summed E-state index contributed by atoms with van der Waals surface area (Å²) < 4.78 is 9.25. The van der Waals surface area contributed by atoms with E-state index in [-0.39, 0.29) is 17.1 Å². The van der Waals surface area contributed by atoms with Crippen LogP contribution in [0, 0.1) is 5.92 Å². The van der Waals surface area contributed by atoms with E-state index in [0.29, 0.717) is 29.2 Å². The van der Waals surface area contributed by atoms with Crippen molar-refractivity contribution in [2.45, 2.75) is 25.5 Å². The van der Waals surface area contributed by atoms with Crippen LogP contribution in [0.2, 0.25) is 0 Å². The van der Waals surface area contributed by atoms with Crippen molar-refractivity contribution in [2.75, 3.05) is 11.5 Å². The molecule has 29 heavy (non-hydrogen) atoms. The topological polar surface area (TPSA) is 131 Å². The molecule has 3 rings (SSSR count).